The lowest BCUT2D eigenvalue weighted by Crippen LogP contribution is -2.18. The van der Waals surface area contributed by atoms with Crippen molar-refractivity contribution in [3.8, 4) is 0 Å². The highest BCUT2D eigenvalue weighted by molar-refractivity contribution is 5.19. The molecule has 0 fully saturated rings. The van der Waals surface area contributed by atoms with E-state index in [1.54, 1.807) is 18.3 Å². The Hall–Kier alpha value is -1.68. The van der Waals surface area contributed by atoms with E-state index in [-0.39, 0.29) is 11.9 Å². The molecule has 0 spiro atoms. The van der Waals surface area contributed by atoms with Crippen LogP contribution >= 0.6 is 0 Å². The van der Waals surface area contributed by atoms with Gasteiger partial charge in [0, 0.05) is 24.5 Å². The van der Waals surface area contributed by atoms with E-state index in [1.807, 2.05) is 19.1 Å². The number of H-pyrrole nitrogens is 1. The summed E-state index contributed by atoms with van der Waals surface area (Å²) in [7, 11) is 0. The van der Waals surface area contributed by atoms with Gasteiger partial charge in [0.15, 0.2) is 0 Å². The van der Waals surface area contributed by atoms with Crippen LogP contribution in [0.4, 0.5) is 4.39 Å². The maximum atomic E-state index is 13.0. The fourth-order valence-electron chi connectivity index (χ4n) is 1.54. The fourth-order valence-corrected chi connectivity index (χ4v) is 1.54. The summed E-state index contributed by atoms with van der Waals surface area (Å²) in [6, 6.07) is 8.65. The van der Waals surface area contributed by atoms with Crippen molar-refractivity contribution in [3.63, 3.8) is 0 Å². The van der Waals surface area contributed by atoms with Crippen LogP contribution in [0.1, 0.15) is 24.2 Å². The molecule has 4 heteroatoms. The van der Waals surface area contributed by atoms with E-state index in [2.05, 4.69) is 15.5 Å². The Kier molecular flexibility index (Phi) is 3.31. The normalized spacial score (nSPS) is 12.6. The van der Waals surface area contributed by atoms with Gasteiger partial charge in [-0.25, -0.2) is 4.39 Å². The van der Waals surface area contributed by atoms with Crippen molar-refractivity contribution in [1.82, 2.24) is 15.5 Å². The van der Waals surface area contributed by atoms with Gasteiger partial charge in [-0.1, -0.05) is 12.1 Å². The lowest BCUT2D eigenvalue weighted by atomic mass is 10.1. The summed E-state index contributed by atoms with van der Waals surface area (Å²) in [5, 5.41) is 10.0. The number of nitrogens with one attached hydrogen (secondary N) is 2. The molecule has 1 atom stereocenters. The van der Waals surface area contributed by atoms with Crippen molar-refractivity contribution in [1.29, 1.82) is 0 Å². The maximum absolute atomic E-state index is 13.0. The molecule has 0 radical (unpaired) electrons. The SMILES string of the molecule is C[C@@H](NCc1ccn[nH]1)c1cccc(F)c1. The van der Waals surface area contributed by atoms with Crippen molar-refractivity contribution in [2.45, 2.75) is 19.5 Å². The molecule has 3 nitrogen and oxygen atoms in total. The summed E-state index contributed by atoms with van der Waals surface area (Å²) >= 11 is 0. The van der Waals surface area contributed by atoms with Gasteiger partial charge in [-0.15, -0.1) is 0 Å². The largest absolute Gasteiger partial charge is 0.305 e. The summed E-state index contributed by atoms with van der Waals surface area (Å²) < 4.78 is 13.0. The minimum Gasteiger partial charge on any atom is -0.305 e. The summed E-state index contributed by atoms with van der Waals surface area (Å²) in [6.07, 6.45) is 1.71. The van der Waals surface area contributed by atoms with E-state index < -0.39 is 0 Å². The van der Waals surface area contributed by atoms with Gasteiger partial charge in [-0.3, -0.25) is 5.10 Å². The molecule has 84 valence electrons. The van der Waals surface area contributed by atoms with Crippen LogP contribution in [0, 0.1) is 5.82 Å². The van der Waals surface area contributed by atoms with Crippen LogP contribution in [0.3, 0.4) is 0 Å². The predicted molar refractivity (Wildman–Crippen MR) is 60.2 cm³/mol. The lowest BCUT2D eigenvalue weighted by Gasteiger charge is -2.13. The number of rotatable bonds is 4. The van der Waals surface area contributed by atoms with Gasteiger partial charge >= 0.3 is 0 Å². The molecule has 0 aliphatic carbocycles. The fraction of sp³-hybridized carbons (Fsp3) is 0.250. The molecule has 0 saturated heterocycles. The molecule has 0 bridgehead atoms. The third kappa shape index (κ3) is 2.67. The molecule has 1 aromatic carbocycles. The van der Waals surface area contributed by atoms with Crippen LogP contribution in [0.5, 0.6) is 0 Å². The quantitative estimate of drug-likeness (QED) is 0.829. The molecule has 1 aromatic heterocycles. The number of halogens is 1. The second kappa shape index (κ2) is 4.90. The van der Waals surface area contributed by atoms with Crippen molar-refractivity contribution in [3.05, 3.63) is 53.6 Å². The van der Waals surface area contributed by atoms with Crippen LogP contribution in [0.2, 0.25) is 0 Å². The summed E-state index contributed by atoms with van der Waals surface area (Å²) in [5.74, 6) is -0.201. The zero-order valence-electron chi connectivity index (χ0n) is 9.07. The molecule has 16 heavy (non-hydrogen) atoms. The first kappa shape index (κ1) is 10.8. The minimum atomic E-state index is -0.201. The van der Waals surface area contributed by atoms with Gasteiger partial charge in [0.05, 0.1) is 0 Å². The maximum Gasteiger partial charge on any atom is 0.123 e. The highest BCUT2D eigenvalue weighted by atomic mass is 19.1. The first-order chi connectivity index (χ1) is 7.75. The molecule has 0 aliphatic heterocycles. The van der Waals surface area contributed by atoms with E-state index in [0.29, 0.717) is 6.54 Å². The zero-order valence-corrected chi connectivity index (χ0v) is 9.07. The summed E-state index contributed by atoms with van der Waals surface area (Å²) in [6.45, 7) is 2.70. The highest BCUT2D eigenvalue weighted by Gasteiger charge is 2.05. The van der Waals surface area contributed by atoms with Crippen molar-refractivity contribution >= 4 is 0 Å². The topological polar surface area (TPSA) is 40.7 Å². The molecule has 2 aromatic rings. The third-order valence-corrected chi connectivity index (χ3v) is 2.51. The summed E-state index contributed by atoms with van der Waals surface area (Å²) in [5.41, 5.74) is 1.96. The lowest BCUT2D eigenvalue weighted by molar-refractivity contribution is 0.559. The second-order valence-corrected chi connectivity index (χ2v) is 3.74. The zero-order chi connectivity index (χ0) is 11.4. The van der Waals surface area contributed by atoms with Crippen molar-refractivity contribution in [2.75, 3.05) is 0 Å². The Bertz CT molecular complexity index is 439. The average molecular weight is 219 g/mol. The Morgan fingerprint density at radius 3 is 3.00 bits per heavy atom. The number of hydrogen-bond acceptors (Lipinski definition) is 2. The Balaban J connectivity index is 1.95. The molecule has 2 N–H and O–H groups in total. The first-order valence-electron chi connectivity index (χ1n) is 5.23. The van der Waals surface area contributed by atoms with E-state index in [4.69, 9.17) is 0 Å². The van der Waals surface area contributed by atoms with Gasteiger partial charge in [0.1, 0.15) is 5.82 Å². The first-order valence-corrected chi connectivity index (χ1v) is 5.23. The Morgan fingerprint density at radius 2 is 2.31 bits per heavy atom. The van der Waals surface area contributed by atoms with Gasteiger partial charge in [0.25, 0.3) is 0 Å². The van der Waals surface area contributed by atoms with Gasteiger partial charge in [0.2, 0.25) is 0 Å². The standard InChI is InChI=1S/C12H14FN3/c1-9(10-3-2-4-11(13)7-10)14-8-12-5-6-15-16-12/h2-7,9,14H,8H2,1H3,(H,15,16)/t9-/m1/s1. The minimum absolute atomic E-state index is 0.110. The van der Waals surface area contributed by atoms with Gasteiger partial charge < -0.3 is 5.32 Å². The third-order valence-electron chi connectivity index (χ3n) is 2.51. The van der Waals surface area contributed by atoms with Crippen LogP contribution in [0.15, 0.2) is 36.5 Å². The monoisotopic (exact) mass is 219 g/mol. The van der Waals surface area contributed by atoms with Crippen LogP contribution in [0.25, 0.3) is 0 Å². The van der Waals surface area contributed by atoms with E-state index in [9.17, 15) is 4.39 Å². The average Bonchev–Trinajstić information content (AvgIpc) is 2.78. The Morgan fingerprint density at radius 1 is 1.44 bits per heavy atom. The number of aromatic nitrogens is 2. The molecule has 2 rings (SSSR count). The molecular weight excluding hydrogens is 205 g/mol. The number of aromatic amines is 1. The molecule has 1 heterocycles. The van der Waals surface area contributed by atoms with E-state index >= 15 is 0 Å². The van der Waals surface area contributed by atoms with Crippen LogP contribution in [-0.2, 0) is 6.54 Å². The molecule has 0 saturated carbocycles. The molecule has 0 unspecified atom stereocenters. The number of benzene rings is 1. The smallest absolute Gasteiger partial charge is 0.123 e. The highest BCUT2D eigenvalue weighted by Crippen LogP contribution is 2.13. The second-order valence-electron chi connectivity index (χ2n) is 3.74. The molecular formula is C12H14FN3. The summed E-state index contributed by atoms with van der Waals surface area (Å²) in [4.78, 5) is 0. The van der Waals surface area contributed by atoms with Crippen LogP contribution < -0.4 is 5.32 Å². The predicted octanol–water partition coefficient (Wildman–Crippen LogP) is 2.40. The van der Waals surface area contributed by atoms with E-state index in [0.717, 1.165) is 11.3 Å². The number of hydrogen-bond donors (Lipinski definition) is 2. The van der Waals surface area contributed by atoms with E-state index in [1.165, 1.54) is 6.07 Å². The van der Waals surface area contributed by atoms with Crippen molar-refractivity contribution in [2.24, 2.45) is 0 Å². The van der Waals surface area contributed by atoms with Crippen molar-refractivity contribution < 1.29 is 4.39 Å². The van der Waals surface area contributed by atoms with Gasteiger partial charge in [-0.05, 0) is 30.7 Å². The van der Waals surface area contributed by atoms with Crippen LogP contribution in [-0.4, -0.2) is 10.2 Å². The van der Waals surface area contributed by atoms with Gasteiger partial charge in [-0.2, -0.15) is 5.10 Å². The Labute approximate surface area is 93.7 Å². The molecule has 0 aliphatic rings. The number of nitrogens with zero attached hydrogens (tertiary/aromatic N) is 1. The molecule has 0 amide bonds.